The summed E-state index contributed by atoms with van der Waals surface area (Å²) in [5.41, 5.74) is -0.750. The standard InChI is InChI=1S/C17H31NO3/c1-4-5-6-7-8-11-15(19)18-12-9-10-14(13-18)17(2,3)16(20)21/h14H,4-13H2,1-3H3,(H,20,21). The van der Waals surface area contributed by atoms with Gasteiger partial charge in [-0.25, -0.2) is 0 Å². The number of amides is 1. The highest BCUT2D eigenvalue weighted by molar-refractivity contribution is 5.77. The quantitative estimate of drug-likeness (QED) is 0.695. The maximum Gasteiger partial charge on any atom is 0.309 e. The van der Waals surface area contributed by atoms with Crippen molar-refractivity contribution in [3.63, 3.8) is 0 Å². The molecular weight excluding hydrogens is 266 g/mol. The van der Waals surface area contributed by atoms with E-state index in [1.54, 1.807) is 13.8 Å². The zero-order chi connectivity index (χ0) is 15.9. The number of carbonyl (C=O) groups is 2. The van der Waals surface area contributed by atoms with Gasteiger partial charge in [-0.3, -0.25) is 9.59 Å². The first kappa shape index (κ1) is 18.0. The summed E-state index contributed by atoms with van der Waals surface area (Å²) in [6.45, 7) is 7.13. The third-order valence-electron chi connectivity index (χ3n) is 4.84. The van der Waals surface area contributed by atoms with Crippen LogP contribution in [0.5, 0.6) is 0 Å². The van der Waals surface area contributed by atoms with E-state index in [2.05, 4.69) is 6.92 Å². The number of rotatable bonds is 8. The van der Waals surface area contributed by atoms with Gasteiger partial charge in [0.25, 0.3) is 0 Å². The van der Waals surface area contributed by atoms with Crippen LogP contribution in [0.2, 0.25) is 0 Å². The molecule has 1 unspecified atom stereocenters. The maximum absolute atomic E-state index is 12.3. The van der Waals surface area contributed by atoms with E-state index in [4.69, 9.17) is 0 Å². The molecule has 21 heavy (non-hydrogen) atoms. The van der Waals surface area contributed by atoms with E-state index >= 15 is 0 Å². The molecule has 0 radical (unpaired) electrons. The van der Waals surface area contributed by atoms with Crippen molar-refractivity contribution in [1.82, 2.24) is 4.90 Å². The van der Waals surface area contributed by atoms with Gasteiger partial charge in [0.05, 0.1) is 5.41 Å². The van der Waals surface area contributed by atoms with Gasteiger partial charge in [-0.05, 0) is 39.0 Å². The number of carboxylic acids is 1. The largest absolute Gasteiger partial charge is 0.481 e. The number of nitrogens with zero attached hydrogens (tertiary/aromatic N) is 1. The predicted octanol–water partition coefficient (Wildman–Crippen LogP) is 3.70. The van der Waals surface area contributed by atoms with Crippen LogP contribution in [-0.4, -0.2) is 35.0 Å². The van der Waals surface area contributed by atoms with Gasteiger partial charge in [0.1, 0.15) is 0 Å². The monoisotopic (exact) mass is 297 g/mol. The first-order valence-electron chi connectivity index (χ1n) is 8.40. The average Bonchev–Trinajstić information content (AvgIpc) is 2.46. The van der Waals surface area contributed by atoms with E-state index in [1.807, 2.05) is 4.90 Å². The molecule has 0 aromatic carbocycles. The summed E-state index contributed by atoms with van der Waals surface area (Å²) in [6.07, 6.45) is 8.18. The van der Waals surface area contributed by atoms with E-state index in [-0.39, 0.29) is 11.8 Å². The molecular formula is C17H31NO3. The van der Waals surface area contributed by atoms with Crippen molar-refractivity contribution in [2.75, 3.05) is 13.1 Å². The van der Waals surface area contributed by atoms with Crippen LogP contribution in [0.4, 0.5) is 0 Å². The minimum Gasteiger partial charge on any atom is -0.481 e. The van der Waals surface area contributed by atoms with Crippen molar-refractivity contribution in [2.45, 2.75) is 72.1 Å². The maximum atomic E-state index is 12.3. The van der Waals surface area contributed by atoms with Gasteiger partial charge >= 0.3 is 5.97 Å². The number of likely N-dealkylation sites (tertiary alicyclic amines) is 1. The Labute approximate surface area is 128 Å². The molecule has 1 amide bonds. The van der Waals surface area contributed by atoms with Crippen LogP contribution in [0.15, 0.2) is 0 Å². The summed E-state index contributed by atoms with van der Waals surface area (Å²) in [7, 11) is 0. The van der Waals surface area contributed by atoms with E-state index in [1.165, 1.54) is 19.3 Å². The second-order valence-electron chi connectivity index (χ2n) is 6.87. The van der Waals surface area contributed by atoms with Gasteiger partial charge in [-0.15, -0.1) is 0 Å². The molecule has 0 bridgehead atoms. The SMILES string of the molecule is CCCCCCCC(=O)N1CCCC(C(C)(C)C(=O)O)C1. The fraction of sp³-hybridized carbons (Fsp3) is 0.882. The Balaban J connectivity index is 2.41. The van der Waals surface area contributed by atoms with Crippen LogP contribution >= 0.6 is 0 Å². The minimum absolute atomic E-state index is 0.0628. The lowest BCUT2D eigenvalue weighted by Gasteiger charge is -2.39. The fourth-order valence-electron chi connectivity index (χ4n) is 3.01. The molecule has 1 heterocycles. The third kappa shape index (κ3) is 5.33. The number of carbonyl (C=O) groups excluding carboxylic acids is 1. The zero-order valence-electron chi connectivity index (χ0n) is 13.9. The van der Waals surface area contributed by atoms with Crippen molar-refractivity contribution in [3.8, 4) is 0 Å². The van der Waals surface area contributed by atoms with Crippen LogP contribution < -0.4 is 0 Å². The van der Waals surface area contributed by atoms with Gasteiger partial charge in [0.15, 0.2) is 0 Å². The highest BCUT2D eigenvalue weighted by Gasteiger charge is 2.39. The molecule has 1 aliphatic rings. The Morgan fingerprint density at radius 2 is 1.86 bits per heavy atom. The summed E-state index contributed by atoms with van der Waals surface area (Å²) < 4.78 is 0. The van der Waals surface area contributed by atoms with E-state index in [0.717, 1.165) is 32.2 Å². The zero-order valence-corrected chi connectivity index (χ0v) is 13.9. The van der Waals surface area contributed by atoms with Gasteiger partial charge in [0, 0.05) is 19.5 Å². The summed E-state index contributed by atoms with van der Waals surface area (Å²) in [5.74, 6) is -0.494. The summed E-state index contributed by atoms with van der Waals surface area (Å²) in [5, 5.41) is 9.34. The number of hydrogen-bond acceptors (Lipinski definition) is 2. The molecule has 1 saturated heterocycles. The average molecular weight is 297 g/mol. The highest BCUT2D eigenvalue weighted by atomic mass is 16.4. The summed E-state index contributed by atoms with van der Waals surface area (Å²) in [6, 6.07) is 0. The first-order valence-corrected chi connectivity index (χ1v) is 8.40. The smallest absolute Gasteiger partial charge is 0.309 e. The van der Waals surface area contributed by atoms with Gasteiger partial charge in [0.2, 0.25) is 5.91 Å². The predicted molar refractivity (Wildman–Crippen MR) is 84.1 cm³/mol. The van der Waals surface area contributed by atoms with E-state index in [9.17, 15) is 14.7 Å². The van der Waals surface area contributed by atoms with Crippen LogP contribution in [0.1, 0.15) is 72.1 Å². The number of unbranched alkanes of at least 4 members (excludes halogenated alkanes) is 4. The molecule has 1 N–H and O–H groups in total. The number of carboxylic acid groups (broad SMARTS) is 1. The van der Waals surface area contributed by atoms with Crippen molar-refractivity contribution in [3.05, 3.63) is 0 Å². The molecule has 0 saturated carbocycles. The first-order chi connectivity index (χ1) is 9.89. The topological polar surface area (TPSA) is 57.6 Å². The molecule has 122 valence electrons. The molecule has 0 spiro atoms. The van der Waals surface area contributed by atoms with E-state index < -0.39 is 11.4 Å². The normalized spacial score (nSPS) is 19.6. The second-order valence-corrected chi connectivity index (χ2v) is 6.87. The Kier molecular flexibility index (Phi) is 7.20. The van der Waals surface area contributed by atoms with Crippen molar-refractivity contribution < 1.29 is 14.7 Å². The number of piperidine rings is 1. The number of aliphatic carboxylic acids is 1. The van der Waals surface area contributed by atoms with Crippen molar-refractivity contribution >= 4 is 11.9 Å². The Bertz CT molecular complexity index is 352. The molecule has 1 fully saturated rings. The van der Waals surface area contributed by atoms with Crippen LogP contribution in [-0.2, 0) is 9.59 Å². The minimum atomic E-state index is -0.763. The third-order valence-corrected chi connectivity index (χ3v) is 4.84. The van der Waals surface area contributed by atoms with Crippen LogP contribution in [0.25, 0.3) is 0 Å². The Morgan fingerprint density at radius 3 is 2.48 bits per heavy atom. The van der Waals surface area contributed by atoms with Crippen molar-refractivity contribution in [2.24, 2.45) is 11.3 Å². The van der Waals surface area contributed by atoms with Gasteiger partial charge in [-0.2, -0.15) is 0 Å². The lowest BCUT2D eigenvalue weighted by molar-refractivity contribution is -0.153. The highest BCUT2D eigenvalue weighted by Crippen LogP contribution is 2.34. The van der Waals surface area contributed by atoms with E-state index in [0.29, 0.717) is 13.0 Å². The second kappa shape index (κ2) is 8.40. The summed E-state index contributed by atoms with van der Waals surface area (Å²) >= 11 is 0. The molecule has 4 nitrogen and oxygen atoms in total. The molecule has 0 aliphatic carbocycles. The summed E-state index contributed by atoms with van der Waals surface area (Å²) in [4.78, 5) is 25.5. The van der Waals surface area contributed by atoms with Crippen LogP contribution in [0, 0.1) is 11.3 Å². The number of hydrogen-bond donors (Lipinski definition) is 1. The molecule has 1 rings (SSSR count). The molecule has 0 aromatic heterocycles. The Morgan fingerprint density at radius 1 is 1.19 bits per heavy atom. The van der Waals surface area contributed by atoms with Crippen molar-refractivity contribution in [1.29, 1.82) is 0 Å². The molecule has 1 atom stereocenters. The lowest BCUT2D eigenvalue weighted by atomic mass is 9.74. The molecule has 0 aromatic rings. The van der Waals surface area contributed by atoms with Crippen LogP contribution in [0.3, 0.4) is 0 Å². The van der Waals surface area contributed by atoms with Gasteiger partial charge in [-0.1, -0.05) is 32.6 Å². The molecule has 4 heteroatoms. The van der Waals surface area contributed by atoms with Gasteiger partial charge < -0.3 is 10.0 Å². The molecule has 1 aliphatic heterocycles. The Hall–Kier alpha value is -1.06. The fourth-order valence-corrected chi connectivity index (χ4v) is 3.01. The lowest BCUT2D eigenvalue weighted by Crippen LogP contribution is -2.46.